The van der Waals surface area contributed by atoms with Gasteiger partial charge in [-0.05, 0) is 36.4 Å². The van der Waals surface area contributed by atoms with E-state index in [1.54, 1.807) is 36.4 Å². The van der Waals surface area contributed by atoms with Crippen LogP contribution < -0.4 is 0 Å². The summed E-state index contributed by atoms with van der Waals surface area (Å²) in [7, 11) is 0.228. The minimum atomic E-state index is -1.23. The zero-order valence-corrected chi connectivity index (χ0v) is 13.6. The second kappa shape index (κ2) is 7.59. The van der Waals surface area contributed by atoms with Crippen molar-refractivity contribution in [2.75, 3.05) is 12.9 Å². The Morgan fingerprint density at radius 1 is 1.05 bits per heavy atom. The van der Waals surface area contributed by atoms with E-state index < -0.39 is 10.8 Å². The molecule has 0 saturated carbocycles. The fourth-order valence-corrected chi connectivity index (χ4v) is 3.03. The van der Waals surface area contributed by atoms with Gasteiger partial charge in [-0.25, -0.2) is 0 Å². The zero-order valence-electron chi connectivity index (χ0n) is 11.3. The van der Waals surface area contributed by atoms with Gasteiger partial charge in [0.1, 0.15) is 7.11 Å². The summed E-state index contributed by atoms with van der Waals surface area (Å²) in [6.45, 7) is 0. The first-order valence-corrected chi connectivity index (χ1v) is 8.17. The predicted molar refractivity (Wildman–Crippen MR) is 87.7 cm³/mol. The van der Waals surface area contributed by atoms with Crippen LogP contribution in [0.5, 0.6) is 0 Å². The van der Waals surface area contributed by atoms with Crippen LogP contribution in [-0.2, 0) is 15.6 Å². The molecule has 0 radical (unpaired) electrons. The molecule has 110 valence electrons. The molecule has 1 unspecified atom stereocenters. The highest BCUT2D eigenvalue weighted by Gasteiger charge is 2.12. The van der Waals surface area contributed by atoms with Gasteiger partial charge in [-0.1, -0.05) is 40.5 Å². The summed E-state index contributed by atoms with van der Waals surface area (Å²) < 4.78 is 12.4. The summed E-state index contributed by atoms with van der Waals surface area (Å²) in [4.78, 5) is 5.54. The molecule has 0 amide bonds. The Labute approximate surface area is 136 Å². The molecule has 0 spiro atoms. The van der Waals surface area contributed by atoms with Crippen LogP contribution in [0.15, 0.2) is 58.6 Å². The molecule has 6 heteroatoms. The van der Waals surface area contributed by atoms with Crippen LogP contribution in [0.3, 0.4) is 0 Å². The minimum Gasteiger partial charge on any atom is -0.399 e. The monoisotopic (exact) mass is 341 g/mol. The molecule has 0 aliphatic heterocycles. The highest BCUT2D eigenvalue weighted by Crippen LogP contribution is 2.15. The summed E-state index contributed by atoms with van der Waals surface area (Å²) in [6, 6.07) is 14.1. The van der Waals surface area contributed by atoms with Crippen molar-refractivity contribution in [1.29, 1.82) is 0 Å². The summed E-state index contributed by atoms with van der Waals surface area (Å²) >= 11 is 11.7. The van der Waals surface area contributed by atoms with Gasteiger partial charge in [0.2, 0.25) is 0 Å². The molecule has 0 aliphatic rings. The number of rotatable bonds is 5. The van der Waals surface area contributed by atoms with Gasteiger partial charge in [-0.2, -0.15) is 0 Å². The van der Waals surface area contributed by atoms with Gasteiger partial charge in [-0.15, -0.1) is 0 Å². The third kappa shape index (κ3) is 4.56. The lowest BCUT2D eigenvalue weighted by molar-refractivity contribution is 0.213. The largest absolute Gasteiger partial charge is 0.399 e. The van der Waals surface area contributed by atoms with Gasteiger partial charge in [0.05, 0.1) is 22.3 Å². The van der Waals surface area contributed by atoms with Crippen LogP contribution in [0.1, 0.15) is 5.56 Å². The Hall–Kier alpha value is -1.36. The lowest BCUT2D eigenvalue weighted by atomic mass is 10.1. The smallest absolute Gasteiger partial charge is 0.106 e. The molecule has 0 aromatic heterocycles. The molecular formula is C15H13Cl2NO2S. The summed E-state index contributed by atoms with van der Waals surface area (Å²) in [5.74, 6) is 0.247. The maximum Gasteiger partial charge on any atom is 0.106 e. The average molecular weight is 342 g/mol. The van der Waals surface area contributed by atoms with Crippen LogP contribution in [-0.4, -0.2) is 22.8 Å². The number of oxime groups is 1. The molecule has 0 heterocycles. The Kier molecular flexibility index (Phi) is 5.79. The molecule has 21 heavy (non-hydrogen) atoms. The molecule has 0 saturated heterocycles. The van der Waals surface area contributed by atoms with E-state index >= 15 is 0 Å². The standard InChI is InChI=1S/C15H13Cl2NO2S/c1-20-18-15(11-2-4-12(16)5-3-11)10-21(19)14-8-6-13(17)7-9-14/h2-9H,10H2,1H3. The molecular weight excluding hydrogens is 329 g/mol. The Bertz CT molecular complexity index is 654. The van der Waals surface area contributed by atoms with E-state index in [1.807, 2.05) is 12.1 Å². The van der Waals surface area contributed by atoms with Gasteiger partial charge in [0, 0.05) is 20.5 Å². The molecule has 0 fully saturated rings. The van der Waals surface area contributed by atoms with Gasteiger partial charge < -0.3 is 4.84 Å². The normalized spacial score (nSPS) is 13.0. The van der Waals surface area contributed by atoms with Gasteiger partial charge >= 0.3 is 0 Å². The van der Waals surface area contributed by atoms with E-state index in [0.717, 1.165) is 5.56 Å². The number of nitrogens with zero attached hydrogens (tertiary/aromatic N) is 1. The van der Waals surface area contributed by atoms with Crippen molar-refractivity contribution < 1.29 is 9.05 Å². The first kappa shape index (κ1) is 16.0. The van der Waals surface area contributed by atoms with Crippen molar-refractivity contribution in [3.63, 3.8) is 0 Å². The Morgan fingerprint density at radius 2 is 1.57 bits per heavy atom. The molecule has 2 aromatic rings. The zero-order chi connectivity index (χ0) is 15.2. The highest BCUT2D eigenvalue weighted by molar-refractivity contribution is 7.85. The van der Waals surface area contributed by atoms with Crippen LogP contribution in [0.2, 0.25) is 10.0 Å². The van der Waals surface area contributed by atoms with Crippen LogP contribution in [0, 0.1) is 0 Å². The van der Waals surface area contributed by atoms with E-state index in [1.165, 1.54) is 7.11 Å². The Morgan fingerprint density at radius 3 is 2.10 bits per heavy atom. The van der Waals surface area contributed by atoms with Crippen molar-refractivity contribution in [2.45, 2.75) is 4.90 Å². The quantitative estimate of drug-likeness (QED) is 0.605. The number of hydrogen-bond donors (Lipinski definition) is 0. The van der Waals surface area contributed by atoms with Crippen molar-refractivity contribution in [2.24, 2.45) is 5.16 Å². The second-order valence-corrected chi connectivity index (χ2v) is 6.50. The SMILES string of the molecule is CON=C(CS(=O)c1ccc(Cl)cc1)c1ccc(Cl)cc1. The summed E-state index contributed by atoms with van der Waals surface area (Å²) in [6.07, 6.45) is 0. The van der Waals surface area contributed by atoms with Crippen LogP contribution in [0.4, 0.5) is 0 Å². The average Bonchev–Trinajstić information content (AvgIpc) is 2.48. The maximum atomic E-state index is 12.4. The number of benzene rings is 2. The van der Waals surface area contributed by atoms with Gasteiger partial charge in [0.15, 0.2) is 0 Å². The third-order valence-electron chi connectivity index (χ3n) is 2.72. The molecule has 3 nitrogen and oxygen atoms in total. The van der Waals surface area contributed by atoms with Crippen molar-refractivity contribution in [3.05, 3.63) is 64.1 Å². The lowest BCUT2D eigenvalue weighted by Crippen LogP contribution is -2.13. The third-order valence-corrected chi connectivity index (χ3v) is 4.56. The second-order valence-electron chi connectivity index (χ2n) is 4.17. The van der Waals surface area contributed by atoms with Crippen molar-refractivity contribution in [3.8, 4) is 0 Å². The summed E-state index contributed by atoms with van der Waals surface area (Å²) in [5.41, 5.74) is 1.42. The van der Waals surface area contributed by atoms with Gasteiger partial charge in [-0.3, -0.25) is 4.21 Å². The fourth-order valence-electron chi connectivity index (χ4n) is 1.71. The molecule has 2 rings (SSSR count). The molecule has 0 N–H and O–H groups in total. The highest BCUT2D eigenvalue weighted by atomic mass is 35.5. The van der Waals surface area contributed by atoms with Crippen LogP contribution >= 0.6 is 23.2 Å². The van der Waals surface area contributed by atoms with Gasteiger partial charge in [0.25, 0.3) is 0 Å². The van der Waals surface area contributed by atoms with E-state index in [9.17, 15) is 4.21 Å². The van der Waals surface area contributed by atoms with E-state index in [0.29, 0.717) is 20.7 Å². The molecule has 2 aromatic carbocycles. The maximum absolute atomic E-state index is 12.4. The van der Waals surface area contributed by atoms with Crippen LogP contribution in [0.25, 0.3) is 0 Å². The lowest BCUT2D eigenvalue weighted by Gasteiger charge is -2.07. The van der Waals surface area contributed by atoms with E-state index in [2.05, 4.69) is 5.16 Å². The molecule has 0 bridgehead atoms. The number of halogens is 2. The predicted octanol–water partition coefficient (Wildman–Crippen LogP) is 4.15. The molecule has 1 atom stereocenters. The van der Waals surface area contributed by atoms with E-state index in [-0.39, 0.29) is 5.75 Å². The molecule has 0 aliphatic carbocycles. The minimum absolute atomic E-state index is 0.247. The number of hydrogen-bond acceptors (Lipinski definition) is 3. The fraction of sp³-hybridized carbons (Fsp3) is 0.133. The van der Waals surface area contributed by atoms with Crippen molar-refractivity contribution >= 4 is 39.7 Å². The first-order chi connectivity index (χ1) is 10.1. The van der Waals surface area contributed by atoms with Crippen molar-refractivity contribution in [1.82, 2.24) is 0 Å². The van der Waals surface area contributed by atoms with E-state index in [4.69, 9.17) is 28.0 Å². The Balaban J connectivity index is 2.20. The topological polar surface area (TPSA) is 38.7 Å². The first-order valence-electron chi connectivity index (χ1n) is 6.10. The summed E-state index contributed by atoms with van der Waals surface area (Å²) in [5, 5.41) is 5.21.